The fraction of sp³-hybridized carbons (Fsp3) is 0.348. The number of aromatic nitrogens is 4. The molecule has 8 rings (SSSR count). The van der Waals surface area contributed by atoms with Gasteiger partial charge < -0.3 is 33.2 Å². The first-order valence-corrected chi connectivity index (χ1v) is 20.3. The van der Waals surface area contributed by atoms with E-state index in [2.05, 4.69) is 35.5 Å². The van der Waals surface area contributed by atoms with Crippen LogP contribution in [0, 0.1) is 5.92 Å². The molecule has 3 heterocycles. The third-order valence-electron chi connectivity index (χ3n) is 10.2. The van der Waals surface area contributed by atoms with Gasteiger partial charge in [-0.2, -0.15) is 9.97 Å². The van der Waals surface area contributed by atoms with Gasteiger partial charge in [0.25, 0.3) is 0 Å². The van der Waals surface area contributed by atoms with Crippen molar-refractivity contribution in [2.45, 2.75) is 26.7 Å². The third kappa shape index (κ3) is 10.9. The SMILES string of the molecule is COc1ccc(-c2ccc3nc(NC(C)=O)nc(OCC4CC4)c3c2)cc1OC.COc1ccc(-c2ccc3nc(NC(C)=O)nc(OCCN4CCOCC4)c3c2)cc1OC. The topological polar surface area (TPSA) is 178 Å². The van der Waals surface area contributed by atoms with E-state index in [9.17, 15) is 9.59 Å². The van der Waals surface area contributed by atoms with Crippen LogP contribution in [-0.2, 0) is 14.3 Å². The molecule has 0 bridgehead atoms. The van der Waals surface area contributed by atoms with Gasteiger partial charge in [0.2, 0.25) is 35.5 Å². The molecule has 1 saturated carbocycles. The Morgan fingerprint density at radius 1 is 0.613 bits per heavy atom. The monoisotopic (exact) mass is 845 g/mol. The van der Waals surface area contributed by atoms with Crippen LogP contribution in [0.25, 0.3) is 44.1 Å². The lowest BCUT2D eigenvalue weighted by atomic mass is 10.0. The molecule has 1 aliphatic carbocycles. The van der Waals surface area contributed by atoms with Crippen molar-refractivity contribution >= 4 is 45.5 Å². The molecule has 0 spiro atoms. The van der Waals surface area contributed by atoms with E-state index in [0.29, 0.717) is 64.9 Å². The van der Waals surface area contributed by atoms with E-state index in [-0.39, 0.29) is 23.7 Å². The zero-order chi connectivity index (χ0) is 43.6. The number of hydrogen-bond acceptors (Lipinski definition) is 14. The second kappa shape index (κ2) is 20.2. The number of carbonyl (C=O) groups is 2. The van der Waals surface area contributed by atoms with Gasteiger partial charge in [-0.25, -0.2) is 9.97 Å². The molecule has 0 atom stereocenters. The number of methoxy groups -OCH3 is 4. The molecule has 16 heteroatoms. The molecule has 2 aromatic heterocycles. The largest absolute Gasteiger partial charge is 0.493 e. The number of hydrogen-bond donors (Lipinski definition) is 2. The Labute approximate surface area is 359 Å². The molecule has 2 aliphatic rings. The summed E-state index contributed by atoms with van der Waals surface area (Å²) >= 11 is 0. The first-order chi connectivity index (χ1) is 30.1. The van der Waals surface area contributed by atoms with Crippen molar-refractivity contribution in [3.05, 3.63) is 72.8 Å². The Hall–Kier alpha value is -6.78. The zero-order valence-corrected chi connectivity index (χ0v) is 35.8. The van der Waals surface area contributed by atoms with Crippen LogP contribution in [-0.4, -0.2) is 111 Å². The van der Waals surface area contributed by atoms with Gasteiger partial charge in [0.1, 0.15) is 6.61 Å². The highest BCUT2D eigenvalue weighted by molar-refractivity contribution is 5.93. The summed E-state index contributed by atoms with van der Waals surface area (Å²) in [5.74, 6) is 4.14. The van der Waals surface area contributed by atoms with Gasteiger partial charge >= 0.3 is 0 Å². The Morgan fingerprint density at radius 2 is 1.06 bits per heavy atom. The van der Waals surface area contributed by atoms with E-state index < -0.39 is 0 Å². The average molecular weight is 846 g/mol. The van der Waals surface area contributed by atoms with Crippen LogP contribution in [0.15, 0.2) is 72.8 Å². The predicted octanol–water partition coefficient (Wildman–Crippen LogP) is 7.04. The minimum atomic E-state index is -0.240. The summed E-state index contributed by atoms with van der Waals surface area (Å²) in [5.41, 5.74) is 5.25. The molecule has 2 amide bonds. The van der Waals surface area contributed by atoms with Gasteiger partial charge in [-0.05, 0) is 89.5 Å². The number of fused-ring (bicyclic) bond motifs is 2. The van der Waals surface area contributed by atoms with Crippen molar-refractivity contribution in [1.29, 1.82) is 0 Å². The highest BCUT2D eigenvalue weighted by atomic mass is 16.5. The molecule has 6 aromatic rings. The second-order valence-corrected chi connectivity index (χ2v) is 14.7. The summed E-state index contributed by atoms with van der Waals surface area (Å²) in [6, 6.07) is 23.2. The maximum absolute atomic E-state index is 11.6. The van der Waals surface area contributed by atoms with Gasteiger partial charge in [-0.1, -0.05) is 24.3 Å². The van der Waals surface area contributed by atoms with Crippen molar-refractivity contribution in [2.24, 2.45) is 5.92 Å². The smallest absolute Gasteiger partial charge is 0.233 e. The molecule has 62 heavy (non-hydrogen) atoms. The van der Waals surface area contributed by atoms with Crippen molar-refractivity contribution in [3.63, 3.8) is 0 Å². The lowest BCUT2D eigenvalue weighted by Crippen LogP contribution is -2.38. The summed E-state index contributed by atoms with van der Waals surface area (Å²) in [4.78, 5) is 43.1. The summed E-state index contributed by atoms with van der Waals surface area (Å²) < 4.78 is 39.0. The van der Waals surface area contributed by atoms with E-state index in [1.807, 2.05) is 72.8 Å². The molecular weight excluding hydrogens is 795 g/mol. The van der Waals surface area contributed by atoms with Gasteiger partial charge in [0.15, 0.2) is 23.0 Å². The minimum absolute atomic E-state index is 0.218. The number of ether oxygens (including phenoxy) is 7. The standard InChI is InChI=1S/C24H28N4O5.C22H23N3O4/c1-16(29)25-24-26-20-6-4-17(18-5-7-21(30-2)22(15-18)31-3)14-19(20)23(27-24)33-13-10-28-8-11-32-12-9-28;1-13(26)23-22-24-18-8-6-15(16-7-9-19(27-2)20(11-16)28-3)10-17(18)21(25-22)29-12-14-4-5-14/h4-7,14-15H,8-13H2,1-3H3,(H,25,26,27,29);6-11,14H,4-5,12H2,1-3H3,(H,23,24,25,26). The molecule has 2 N–H and O–H groups in total. The highest BCUT2D eigenvalue weighted by Crippen LogP contribution is 2.37. The normalized spacial score (nSPS) is 13.7. The van der Waals surface area contributed by atoms with Gasteiger partial charge in [-0.3, -0.25) is 25.1 Å². The van der Waals surface area contributed by atoms with Crippen LogP contribution in [0.5, 0.6) is 34.8 Å². The number of anilines is 2. The lowest BCUT2D eigenvalue weighted by Gasteiger charge is -2.26. The first-order valence-electron chi connectivity index (χ1n) is 20.3. The molecule has 0 radical (unpaired) electrons. The van der Waals surface area contributed by atoms with Crippen LogP contribution in [0.4, 0.5) is 11.9 Å². The Balaban J connectivity index is 0.000000188. The number of rotatable bonds is 15. The van der Waals surface area contributed by atoms with Crippen molar-refractivity contribution < 1.29 is 42.7 Å². The van der Waals surface area contributed by atoms with Crippen LogP contribution >= 0.6 is 0 Å². The average Bonchev–Trinajstić information content (AvgIpc) is 4.12. The Morgan fingerprint density at radius 3 is 1.52 bits per heavy atom. The van der Waals surface area contributed by atoms with Crippen LogP contribution in [0.2, 0.25) is 0 Å². The fourth-order valence-electron chi connectivity index (χ4n) is 6.82. The molecule has 1 aliphatic heterocycles. The minimum Gasteiger partial charge on any atom is -0.493 e. The van der Waals surface area contributed by atoms with Crippen molar-refractivity contribution in [2.75, 3.05) is 85.1 Å². The molecule has 324 valence electrons. The molecule has 2 fully saturated rings. The van der Waals surface area contributed by atoms with E-state index >= 15 is 0 Å². The van der Waals surface area contributed by atoms with E-state index in [0.717, 1.165) is 65.9 Å². The molecular formula is C46H51N7O9. The highest BCUT2D eigenvalue weighted by Gasteiger charge is 2.23. The molecule has 16 nitrogen and oxygen atoms in total. The van der Waals surface area contributed by atoms with E-state index in [4.69, 9.17) is 33.2 Å². The number of nitrogens with zero attached hydrogens (tertiary/aromatic N) is 5. The summed E-state index contributed by atoms with van der Waals surface area (Å²) in [6.07, 6.45) is 2.36. The predicted molar refractivity (Wildman–Crippen MR) is 236 cm³/mol. The van der Waals surface area contributed by atoms with Gasteiger partial charge in [-0.15, -0.1) is 0 Å². The van der Waals surface area contributed by atoms with Gasteiger partial charge in [0.05, 0.1) is 70.1 Å². The number of nitrogens with one attached hydrogen (secondary N) is 2. The van der Waals surface area contributed by atoms with Crippen LogP contribution < -0.4 is 39.1 Å². The first kappa shape index (κ1) is 43.3. The van der Waals surface area contributed by atoms with Crippen LogP contribution in [0.1, 0.15) is 26.7 Å². The second-order valence-electron chi connectivity index (χ2n) is 14.7. The summed E-state index contributed by atoms with van der Waals surface area (Å²) in [7, 11) is 6.45. The maximum Gasteiger partial charge on any atom is 0.233 e. The number of morpholine rings is 1. The number of amides is 2. The third-order valence-corrected chi connectivity index (χ3v) is 10.2. The molecule has 4 aromatic carbocycles. The number of carbonyl (C=O) groups excluding carboxylic acids is 2. The Kier molecular flexibility index (Phi) is 14.1. The quantitative estimate of drug-likeness (QED) is 0.108. The summed E-state index contributed by atoms with van der Waals surface area (Å²) in [6.45, 7) is 7.93. The van der Waals surface area contributed by atoms with E-state index in [1.54, 1.807) is 28.4 Å². The summed E-state index contributed by atoms with van der Waals surface area (Å²) in [5, 5.41) is 6.86. The van der Waals surface area contributed by atoms with Crippen molar-refractivity contribution in [1.82, 2.24) is 24.8 Å². The van der Waals surface area contributed by atoms with E-state index in [1.165, 1.54) is 26.7 Å². The maximum atomic E-state index is 11.6. The molecule has 1 saturated heterocycles. The fourth-order valence-corrected chi connectivity index (χ4v) is 6.82. The molecule has 0 unspecified atom stereocenters. The van der Waals surface area contributed by atoms with Crippen LogP contribution in [0.3, 0.4) is 0 Å². The lowest BCUT2D eigenvalue weighted by molar-refractivity contribution is -0.115. The van der Waals surface area contributed by atoms with Crippen molar-refractivity contribution in [3.8, 4) is 57.0 Å². The Bertz CT molecular complexity index is 2540. The van der Waals surface area contributed by atoms with Gasteiger partial charge in [0, 0.05) is 33.5 Å². The zero-order valence-electron chi connectivity index (χ0n) is 35.8. The number of benzene rings is 4.